The van der Waals surface area contributed by atoms with Gasteiger partial charge in [0.15, 0.2) is 5.82 Å². The molecule has 1 unspecified atom stereocenters. The molecule has 0 spiro atoms. The molecule has 0 fully saturated rings. The van der Waals surface area contributed by atoms with Gasteiger partial charge in [0.05, 0.1) is 12.4 Å². The number of carbonyl (C=O) groups is 1. The van der Waals surface area contributed by atoms with E-state index in [1.807, 2.05) is 6.92 Å². The van der Waals surface area contributed by atoms with Gasteiger partial charge in [-0.25, -0.2) is 4.98 Å². The Hall–Kier alpha value is -2.94. The Morgan fingerprint density at radius 1 is 1.29 bits per heavy atom. The Kier molecular flexibility index (Phi) is 6.25. The molecule has 3 heterocycles. The third kappa shape index (κ3) is 4.48. The second-order valence-electron chi connectivity index (χ2n) is 6.35. The molecule has 0 aromatic carbocycles. The number of nitrogens with two attached hydrogens (primary N) is 1. The molecule has 0 radical (unpaired) electrons. The van der Waals surface area contributed by atoms with Crippen LogP contribution < -0.4 is 5.73 Å². The van der Waals surface area contributed by atoms with Gasteiger partial charge in [-0.2, -0.15) is 24.3 Å². The molecule has 3 rings (SSSR count). The molecule has 0 saturated carbocycles. The van der Waals surface area contributed by atoms with Crippen LogP contribution in [0.25, 0.3) is 11.4 Å². The maximum Gasteiger partial charge on any atom is 0.253 e. The zero-order valence-electron chi connectivity index (χ0n) is 15.2. The maximum atomic E-state index is 13.1. The van der Waals surface area contributed by atoms with Crippen molar-refractivity contribution in [3.63, 3.8) is 0 Å². The van der Waals surface area contributed by atoms with E-state index in [1.54, 1.807) is 12.3 Å². The number of nitrogens with zero attached hydrogens (tertiary/aromatic N) is 6. The highest BCUT2D eigenvalue weighted by atomic mass is 35.5. The van der Waals surface area contributed by atoms with E-state index in [1.165, 1.54) is 18.5 Å². The average Bonchev–Trinajstić information content (AvgIpc) is 3.08. The molecular formula is C18H19ClFN7O. The third-order valence-electron chi connectivity index (χ3n) is 4.32. The first kappa shape index (κ1) is 19.8. The summed E-state index contributed by atoms with van der Waals surface area (Å²) in [4.78, 5) is 20.9. The lowest BCUT2D eigenvalue weighted by molar-refractivity contribution is 0.0811. The minimum atomic E-state index is -0.570. The molecule has 0 aliphatic rings. The lowest BCUT2D eigenvalue weighted by atomic mass is 9.95. The lowest BCUT2D eigenvalue weighted by Crippen LogP contribution is -2.26. The van der Waals surface area contributed by atoms with Crippen LogP contribution in [0.3, 0.4) is 0 Å². The van der Waals surface area contributed by atoms with Gasteiger partial charge in [0, 0.05) is 23.6 Å². The first-order chi connectivity index (χ1) is 13.5. The van der Waals surface area contributed by atoms with Gasteiger partial charge >= 0.3 is 0 Å². The topological polar surface area (TPSA) is 112 Å². The second-order valence-corrected chi connectivity index (χ2v) is 6.73. The SMILES string of the molecule is Cc1cnncc1-c1nc(N)n(C(=O)C(CCCCl)Cc2ccc(F)nc2)n1. The van der Waals surface area contributed by atoms with Gasteiger partial charge in [0.2, 0.25) is 11.9 Å². The second kappa shape index (κ2) is 8.83. The first-order valence-electron chi connectivity index (χ1n) is 8.70. The van der Waals surface area contributed by atoms with Gasteiger partial charge in [0.1, 0.15) is 0 Å². The number of hydrogen-bond acceptors (Lipinski definition) is 7. The fourth-order valence-electron chi connectivity index (χ4n) is 2.84. The molecule has 0 aliphatic heterocycles. The fraction of sp³-hybridized carbons (Fsp3) is 0.333. The molecule has 8 nitrogen and oxygen atoms in total. The summed E-state index contributed by atoms with van der Waals surface area (Å²) in [5.74, 6) is -0.600. The van der Waals surface area contributed by atoms with Crippen molar-refractivity contribution >= 4 is 23.5 Å². The summed E-state index contributed by atoms with van der Waals surface area (Å²) >= 11 is 5.81. The van der Waals surface area contributed by atoms with E-state index in [0.29, 0.717) is 36.5 Å². The molecule has 1 atom stereocenters. The van der Waals surface area contributed by atoms with Crippen molar-refractivity contribution in [1.82, 2.24) is 29.9 Å². The number of aromatic nitrogens is 6. The zero-order valence-corrected chi connectivity index (χ0v) is 16.0. The number of alkyl halides is 1. The molecular weight excluding hydrogens is 385 g/mol. The van der Waals surface area contributed by atoms with Gasteiger partial charge in [-0.1, -0.05) is 6.07 Å². The normalized spacial score (nSPS) is 12.1. The van der Waals surface area contributed by atoms with Crippen LogP contribution in [0.1, 0.15) is 28.8 Å². The predicted octanol–water partition coefficient (Wildman–Crippen LogP) is 2.68. The summed E-state index contributed by atoms with van der Waals surface area (Å²) in [5, 5.41) is 11.9. The zero-order chi connectivity index (χ0) is 20.1. The average molecular weight is 404 g/mol. The van der Waals surface area contributed by atoms with E-state index in [2.05, 4.69) is 25.3 Å². The summed E-state index contributed by atoms with van der Waals surface area (Å²) in [5.41, 5.74) is 8.15. The standard InChI is InChI=1S/C18H19ClFN7O/c1-11-8-23-24-10-14(11)16-25-18(21)27(26-16)17(28)13(3-2-6-19)7-12-4-5-15(20)22-9-12/h4-5,8-10,13H,2-3,6-7H2,1H3,(H2,21,25,26). The van der Waals surface area contributed by atoms with Crippen LogP contribution in [0.2, 0.25) is 0 Å². The van der Waals surface area contributed by atoms with Crippen LogP contribution in [0.15, 0.2) is 30.7 Å². The van der Waals surface area contributed by atoms with Gasteiger partial charge in [-0.05, 0) is 43.4 Å². The Balaban J connectivity index is 1.88. The Morgan fingerprint density at radius 3 is 2.75 bits per heavy atom. The number of pyridine rings is 1. The Bertz CT molecular complexity index is 961. The van der Waals surface area contributed by atoms with Crippen molar-refractivity contribution in [2.45, 2.75) is 26.2 Å². The van der Waals surface area contributed by atoms with Crippen molar-refractivity contribution in [2.24, 2.45) is 5.92 Å². The summed E-state index contributed by atoms with van der Waals surface area (Å²) in [6.07, 6.45) is 6.06. The van der Waals surface area contributed by atoms with Gasteiger partial charge in [0.25, 0.3) is 5.91 Å². The van der Waals surface area contributed by atoms with Crippen LogP contribution in [0.5, 0.6) is 0 Å². The molecule has 0 amide bonds. The molecule has 0 bridgehead atoms. The number of nitrogen functional groups attached to an aromatic ring is 1. The number of halogens is 2. The highest BCUT2D eigenvalue weighted by Crippen LogP contribution is 2.22. The van der Waals surface area contributed by atoms with E-state index in [9.17, 15) is 9.18 Å². The summed E-state index contributed by atoms with van der Waals surface area (Å²) in [6, 6.07) is 2.87. The van der Waals surface area contributed by atoms with E-state index in [-0.39, 0.29) is 11.9 Å². The number of anilines is 1. The Morgan fingerprint density at radius 2 is 2.07 bits per heavy atom. The van der Waals surface area contributed by atoms with Crippen molar-refractivity contribution < 1.29 is 9.18 Å². The van der Waals surface area contributed by atoms with Crippen LogP contribution >= 0.6 is 11.6 Å². The smallest absolute Gasteiger partial charge is 0.253 e. The molecule has 0 aliphatic carbocycles. The van der Waals surface area contributed by atoms with Crippen LogP contribution in [0, 0.1) is 18.8 Å². The first-order valence-corrected chi connectivity index (χ1v) is 9.24. The van der Waals surface area contributed by atoms with Gasteiger partial charge in [-0.3, -0.25) is 4.79 Å². The predicted molar refractivity (Wildman–Crippen MR) is 102 cm³/mol. The van der Waals surface area contributed by atoms with Crippen LogP contribution in [-0.2, 0) is 6.42 Å². The van der Waals surface area contributed by atoms with Crippen molar-refractivity contribution in [1.29, 1.82) is 0 Å². The van der Waals surface area contributed by atoms with Gasteiger partial charge in [-0.15, -0.1) is 16.7 Å². The molecule has 10 heteroatoms. The Labute approximate surface area is 166 Å². The van der Waals surface area contributed by atoms with E-state index < -0.39 is 11.9 Å². The maximum absolute atomic E-state index is 13.1. The molecule has 146 valence electrons. The lowest BCUT2D eigenvalue weighted by Gasteiger charge is -2.15. The number of hydrogen-bond donors (Lipinski definition) is 1. The van der Waals surface area contributed by atoms with E-state index in [0.717, 1.165) is 15.8 Å². The van der Waals surface area contributed by atoms with E-state index in [4.69, 9.17) is 17.3 Å². The summed E-state index contributed by atoms with van der Waals surface area (Å²) in [6.45, 7) is 1.84. The van der Waals surface area contributed by atoms with Gasteiger partial charge < -0.3 is 5.73 Å². The highest BCUT2D eigenvalue weighted by molar-refractivity contribution is 6.17. The van der Waals surface area contributed by atoms with E-state index >= 15 is 0 Å². The number of rotatable bonds is 7. The monoisotopic (exact) mass is 403 g/mol. The molecule has 3 aromatic heterocycles. The van der Waals surface area contributed by atoms with Crippen molar-refractivity contribution in [2.75, 3.05) is 11.6 Å². The number of aryl methyl sites for hydroxylation is 1. The van der Waals surface area contributed by atoms with Crippen LogP contribution in [0.4, 0.5) is 10.3 Å². The van der Waals surface area contributed by atoms with Crippen molar-refractivity contribution in [3.8, 4) is 11.4 Å². The molecule has 0 saturated heterocycles. The summed E-state index contributed by atoms with van der Waals surface area (Å²) < 4.78 is 14.2. The number of carbonyl (C=O) groups excluding carboxylic acids is 1. The largest absolute Gasteiger partial charge is 0.368 e. The molecule has 3 aromatic rings. The fourth-order valence-corrected chi connectivity index (χ4v) is 2.99. The third-order valence-corrected chi connectivity index (χ3v) is 4.59. The summed E-state index contributed by atoms with van der Waals surface area (Å²) in [7, 11) is 0. The molecule has 28 heavy (non-hydrogen) atoms. The molecule has 2 N–H and O–H groups in total. The quantitative estimate of drug-likeness (QED) is 0.476. The highest BCUT2D eigenvalue weighted by Gasteiger charge is 2.25. The van der Waals surface area contributed by atoms with Crippen LogP contribution in [-0.4, -0.2) is 41.7 Å². The minimum Gasteiger partial charge on any atom is -0.368 e. The minimum absolute atomic E-state index is 0.00989. The van der Waals surface area contributed by atoms with Crippen molar-refractivity contribution in [3.05, 3.63) is 47.8 Å².